The number of nitrogens with zero attached hydrogens (tertiary/aromatic N) is 1. The molecule has 1 aliphatic heterocycles. The van der Waals surface area contributed by atoms with E-state index in [-0.39, 0.29) is 29.4 Å². The third kappa shape index (κ3) is 3.26. The molecule has 1 aliphatic carbocycles. The number of phenols is 2. The van der Waals surface area contributed by atoms with Crippen LogP contribution in [0.3, 0.4) is 0 Å². The molecular weight excluding hydrogens is 344 g/mol. The third-order valence-corrected chi connectivity index (χ3v) is 5.50. The molecule has 0 saturated heterocycles. The molecule has 1 fully saturated rings. The second kappa shape index (κ2) is 6.87. The number of aliphatic hydroxyl groups excluding tert-OH is 1. The zero-order chi connectivity index (χ0) is 19.1. The van der Waals surface area contributed by atoms with Crippen molar-refractivity contribution < 1.29 is 20.1 Å². The Balaban J connectivity index is 1.62. The minimum Gasteiger partial charge on any atom is -0.504 e. The number of aliphatic hydroxyl groups is 1. The van der Waals surface area contributed by atoms with Crippen molar-refractivity contribution in [3.8, 4) is 11.5 Å². The van der Waals surface area contributed by atoms with Gasteiger partial charge in [0, 0.05) is 29.8 Å². The Hall–Kier alpha value is -2.57. The molecule has 2 aromatic carbocycles. The number of carbonyl (C=O) groups is 1. The molecule has 0 spiro atoms. The van der Waals surface area contributed by atoms with Gasteiger partial charge in [-0.2, -0.15) is 0 Å². The molecule has 4 N–H and O–H groups in total. The standard InChI is InChI=1S/C21H24N2O4/c1-2-16(13-8-9-17(24)18(25)10-13)23-11-14-4-3-5-15(19(14)21(23)27)22-20(26)12-6-7-12/h3-5,8-10,12,16,21,24-25,27H,2,6-7,11H2,1H3,(H,22,26). The number of aromatic hydroxyl groups is 2. The number of carbonyl (C=O) groups excluding carboxylic acids is 1. The maximum atomic E-state index is 12.2. The SMILES string of the molecule is CCC(c1ccc(O)c(O)c1)N1Cc2cccc(NC(=O)C3CC3)c2C1O. The van der Waals surface area contributed by atoms with Gasteiger partial charge in [-0.05, 0) is 48.6 Å². The number of benzene rings is 2. The number of anilines is 1. The average molecular weight is 368 g/mol. The van der Waals surface area contributed by atoms with Crippen LogP contribution in [0.25, 0.3) is 0 Å². The van der Waals surface area contributed by atoms with Gasteiger partial charge >= 0.3 is 0 Å². The molecule has 0 aromatic heterocycles. The summed E-state index contributed by atoms with van der Waals surface area (Å²) in [5.74, 6) is -0.220. The van der Waals surface area contributed by atoms with Crippen molar-refractivity contribution in [1.29, 1.82) is 0 Å². The van der Waals surface area contributed by atoms with E-state index in [1.165, 1.54) is 12.1 Å². The summed E-state index contributed by atoms with van der Waals surface area (Å²) in [6.07, 6.45) is 1.73. The van der Waals surface area contributed by atoms with Gasteiger partial charge < -0.3 is 20.6 Å². The summed E-state index contributed by atoms with van der Waals surface area (Å²) >= 11 is 0. The monoisotopic (exact) mass is 368 g/mol. The summed E-state index contributed by atoms with van der Waals surface area (Å²) in [6.45, 7) is 2.56. The molecule has 0 bridgehead atoms. The first-order valence-electron chi connectivity index (χ1n) is 9.38. The average Bonchev–Trinajstić information content (AvgIpc) is 3.44. The van der Waals surface area contributed by atoms with Crippen molar-refractivity contribution in [2.75, 3.05) is 5.32 Å². The van der Waals surface area contributed by atoms with Crippen LogP contribution in [0, 0.1) is 5.92 Å². The summed E-state index contributed by atoms with van der Waals surface area (Å²) in [7, 11) is 0. The van der Waals surface area contributed by atoms with Gasteiger partial charge in [0.25, 0.3) is 0 Å². The number of hydrogen-bond acceptors (Lipinski definition) is 5. The molecule has 2 aromatic rings. The second-order valence-corrected chi connectivity index (χ2v) is 7.36. The fourth-order valence-corrected chi connectivity index (χ4v) is 3.88. The molecule has 0 radical (unpaired) electrons. The smallest absolute Gasteiger partial charge is 0.227 e. The highest BCUT2D eigenvalue weighted by Crippen LogP contribution is 2.44. The highest BCUT2D eigenvalue weighted by Gasteiger charge is 2.37. The Morgan fingerprint density at radius 2 is 2.00 bits per heavy atom. The van der Waals surface area contributed by atoms with E-state index in [2.05, 4.69) is 5.32 Å². The highest BCUT2D eigenvalue weighted by molar-refractivity contribution is 5.95. The van der Waals surface area contributed by atoms with E-state index in [1.807, 2.05) is 30.0 Å². The second-order valence-electron chi connectivity index (χ2n) is 7.36. The topological polar surface area (TPSA) is 93.0 Å². The Morgan fingerprint density at radius 3 is 2.67 bits per heavy atom. The molecule has 6 nitrogen and oxygen atoms in total. The first-order chi connectivity index (χ1) is 13.0. The zero-order valence-electron chi connectivity index (χ0n) is 15.2. The van der Waals surface area contributed by atoms with E-state index >= 15 is 0 Å². The van der Waals surface area contributed by atoms with Crippen LogP contribution in [0.5, 0.6) is 11.5 Å². The molecule has 1 heterocycles. The fraction of sp³-hybridized carbons (Fsp3) is 0.381. The van der Waals surface area contributed by atoms with Crippen molar-refractivity contribution in [3.63, 3.8) is 0 Å². The first kappa shape index (κ1) is 17.8. The van der Waals surface area contributed by atoms with E-state index in [0.717, 1.165) is 36.0 Å². The van der Waals surface area contributed by atoms with Crippen molar-refractivity contribution in [1.82, 2.24) is 4.90 Å². The molecule has 27 heavy (non-hydrogen) atoms. The number of rotatable bonds is 5. The lowest BCUT2D eigenvalue weighted by molar-refractivity contribution is -0.117. The predicted octanol–water partition coefficient (Wildman–Crippen LogP) is 3.40. The lowest BCUT2D eigenvalue weighted by atomic mass is 10.0. The van der Waals surface area contributed by atoms with Crippen LogP contribution in [0.4, 0.5) is 5.69 Å². The van der Waals surface area contributed by atoms with Gasteiger partial charge in [-0.1, -0.05) is 25.1 Å². The summed E-state index contributed by atoms with van der Waals surface area (Å²) in [6, 6.07) is 10.3. The molecular formula is C21H24N2O4. The number of hydrogen-bond donors (Lipinski definition) is 4. The van der Waals surface area contributed by atoms with Crippen molar-refractivity contribution >= 4 is 11.6 Å². The van der Waals surface area contributed by atoms with E-state index < -0.39 is 6.23 Å². The number of amides is 1. The first-order valence-corrected chi connectivity index (χ1v) is 9.38. The van der Waals surface area contributed by atoms with Crippen molar-refractivity contribution in [3.05, 3.63) is 53.1 Å². The third-order valence-electron chi connectivity index (χ3n) is 5.50. The Bertz CT molecular complexity index is 878. The molecule has 1 saturated carbocycles. The van der Waals surface area contributed by atoms with Gasteiger partial charge in [0.1, 0.15) is 6.23 Å². The Kier molecular flexibility index (Phi) is 4.53. The van der Waals surface area contributed by atoms with Gasteiger partial charge in [0.15, 0.2) is 11.5 Å². The van der Waals surface area contributed by atoms with Crippen LogP contribution < -0.4 is 5.32 Å². The van der Waals surface area contributed by atoms with Gasteiger partial charge in [-0.3, -0.25) is 9.69 Å². The largest absolute Gasteiger partial charge is 0.504 e. The van der Waals surface area contributed by atoms with Crippen molar-refractivity contribution in [2.24, 2.45) is 5.92 Å². The Labute approximate surface area is 158 Å². The predicted molar refractivity (Wildman–Crippen MR) is 101 cm³/mol. The quantitative estimate of drug-likeness (QED) is 0.607. The minimum atomic E-state index is -0.850. The van der Waals surface area contributed by atoms with Gasteiger partial charge in [0.05, 0.1) is 0 Å². The van der Waals surface area contributed by atoms with Crippen LogP contribution in [-0.4, -0.2) is 26.1 Å². The summed E-state index contributed by atoms with van der Waals surface area (Å²) in [5, 5.41) is 33.4. The maximum absolute atomic E-state index is 12.2. The summed E-state index contributed by atoms with van der Waals surface area (Å²) in [4.78, 5) is 14.1. The summed E-state index contributed by atoms with van der Waals surface area (Å²) in [5.41, 5.74) is 3.22. The van der Waals surface area contributed by atoms with Crippen LogP contribution >= 0.6 is 0 Å². The number of nitrogens with one attached hydrogen (secondary N) is 1. The maximum Gasteiger partial charge on any atom is 0.227 e. The van der Waals surface area contributed by atoms with Crippen LogP contribution in [0.1, 0.15) is 55.1 Å². The van der Waals surface area contributed by atoms with E-state index in [0.29, 0.717) is 12.2 Å². The molecule has 2 aliphatic rings. The zero-order valence-corrected chi connectivity index (χ0v) is 15.2. The van der Waals surface area contributed by atoms with Crippen LogP contribution in [0.2, 0.25) is 0 Å². The molecule has 6 heteroatoms. The highest BCUT2D eigenvalue weighted by atomic mass is 16.3. The van der Waals surface area contributed by atoms with Gasteiger partial charge in [0.2, 0.25) is 5.91 Å². The molecule has 2 atom stereocenters. The summed E-state index contributed by atoms with van der Waals surface area (Å²) < 4.78 is 0. The molecule has 4 rings (SSSR count). The molecule has 2 unspecified atom stereocenters. The fourth-order valence-electron chi connectivity index (χ4n) is 3.88. The van der Waals surface area contributed by atoms with E-state index in [1.54, 1.807) is 6.07 Å². The number of phenolic OH excluding ortho intramolecular Hbond substituents is 2. The van der Waals surface area contributed by atoms with Gasteiger partial charge in [-0.15, -0.1) is 0 Å². The molecule has 1 amide bonds. The van der Waals surface area contributed by atoms with Crippen molar-refractivity contribution in [2.45, 2.75) is 45.0 Å². The lowest BCUT2D eigenvalue weighted by Gasteiger charge is -2.30. The lowest BCUT2D eigenvalue weighted by Crippen LogP contribution is -2.27. The van der Waals surface area contributed by atoms with Crippen LogP contribution in [-0.2, 0) is 11.3 Å². The minimum absolute atomic E-state index is 0.0181. The van der Waals surface area contributed by atoms with Crippen LogP contribution in [0.15, 0.2) is 36.4 Å². The van der Waals surface area contributed by atoms with Gasteiger partial charge in [-0.25, -0.2) is 0 Å². The normalized spacial score (nSPS) is 20.3. The van der Waals surface area contributed by atoms with E-state index in [9.17, 15) is 20.1 Å². The number of fused-ring (bicyclic) bond motifs is 1. The Morgan fingerprint density at radius 1 is 1.22 bits per heavy atom. The van der Waals surface area contributed by atoms with E-state index in [4.69, 9.17) is 0 Å². The molecule has 142 valence electrons.